The van der Waals surface area contributed by atoms with Crippen LogP contribution in [-0.4, -0.2) is 52.8 Å². The summed E-state index contributed by atoms with van der Waals surface area (Å²) in [6, 6.07) is -0.497. The number of aliphatic hydroxyl groups excluding tert-OH is 1. The summed E-state index contributed by atoms with van der Waals surface area (Å²) in [6.07, 6.45) is -0.581. The number of rotatable bonds is 0. The van der Waals surface area contributed by atoms with E-state index in [0.717, 1.165) is 0 Å². The molecule has 2 heterocycles. The molecule has 2 fully saturated rings. The molecule has 2 saturated heterocycles. The van der Waals surface area contributed by atoms with Gasteiger partial charge in [0.25, 0.3) is 0 Å². The molecule has 102 valence electrons. The molecule has 2 amide bonds. The van der Waals surface area contributed by atoms with Gasteiger partial charge in [-0.3, -0.25) is 9.69 Å². The second kappa shape index (κ2) is 4.42. The van der Waals surface area contributed by atoms with Crippen LogP contribution >= 0.6 is 0 Å². The number of likely N-dealkylation sites (tertiary alicyclic amines) is 1. The van der Waals surface area contributed by atoms with E-state index < -0.39 is 23.8 Å². The highest BCUT2D eigenvalue weighted by atomic mass is 16.6. The molecule has 2 rings (SSSR count). The molecule has 6 heteroatoms. The van der Waals surface area contributed by atoms with Crippen LogP contribution in [-0.2, 0) is 9.53 Å². The lowest BCUT2D eigenvalue weighted by atomic mass is 9.90. The standard InChI is InChI=1S/C12H20N2O4/c1-12(2,3)18-11(17)14-6-8(15)4-7-5-13-10(16)9(7)14/h7-9,15H,4-6H2,1-3H3,(H,13,16)/t7-,8+,9-/m1/s1. The highest BCUT2D eigenvalue weighted by Gasteiger charge is 2.47. The summed E-state index contributed by atoms with van der Waals surface area (Å²) in [5.74, 6) is -0.175. The van der Waals surface area contributed by atoms with Gasteiger partial charge in [-0.05, 0) is 27.2 Å². The molecule has 0 aromatic carbocycles. The van der Waals surface area contributed by atoms with Crippen molar-refractivity contribution in [3.05, 3.63) is 0 Å². The van der Waals surface area contributed by atoms with Crippen LogP contribution in [0.25, 0.3) is 0 Å². The van der Waals surface area contributed by atoms with E-state index in [4.69, 9.17) is 4.74 Å². The molecule has 0 aliphatic carbocycles. The van der Waals surface area contributed by atoms with E-state index in [2.05, 4.69) is 5.32 Å². The summed E-state index contributed by atoms with van der Waals surface area (Å²) in [7, 11) is 0. The van der Waals surface area contributed by atoms with Crippen LogP contribution in [0.4, 0.5) is 4.79 Å². The van der Waals surface area contributed by atoms with Gasteiger partial charge in [0.2, 0.25) is 5.91 Å². The molecule has 6 nitrogen and oxygen atoms in total. The van der Waals surface area contributed by atoms with Crippen molar-refractivity contribution in [3.8, 4) is 0 Å². The van der Waals surface area contributed by atoms with Crippen LogP contribution in [0.15, 0.2) is 0 Å². The molecular formula is C12H20N2O4. The monoisotopic (exact) mass is 256 g/mol. The maximum absolute atomic E-state index is 12.1. The van der Waals surface area contributed by atoms with E-state index in [-0.39, 0.29) is 18.4 Å². The number of nitrogens with zero attached hydrogens (tertiary/aromatic N) is 1. The SMILES string of the molecule is CC(C)(C)OC(=O)N1C[C@@H](O)C[C@@H]2CNC(=O)[C@@H]21. The minimum Gasteiger partial charge on any atom is -0.444 e. The Bertz CT molecular complexity index is 364. The second-order valence-corrected chi connectivity index (χ2v) is 5.97. The number of ether oxygens (including phenoxy) is 1. The van der Waals surface area contributed by atoms with Crippen LogP contribution in [0.3, 0.4) is 0 Å². The molecule has 0 aromatic heterocycles. The maximum atomic E-state index is 12.1. The average Bonchev–Trinajstić information content (AvgIpc) is 2.56. The molecule has 2 aliphatic heterocycles. The minimum atomic E-state index is -0.607. The first-order valence-corrected chi connectivity index (χ1v) is 6.23. The first-order valence-electron chi connectivity index (χ1n) is 6.23. The molecular weight excluding hydrogens is 236 g/mol. The van der Waals surface area contributed by atoms with Gasteiger partial charge in [-0.2, -0.15) is 0 Å². The van der Waals surface area contributed by atoms with Crippen LogP contribution in [0.1, 0.15) is 27.2 Å². The summed E-state index contributed by atoms with van der Waals surface area (Å²) in [5, 5.41) is 12.5. The smallest absolute Gasteiger partial charge is 0.411 e. The molecule has 0 aromatic rings. The molecule has 0 spiro atoms. The Hall–Kier alpha value is -1.30. The van der Waals surface area contributed by atoms with Crippen molar-refractivity contribution < 1.29 is 19.4 Å². The van der Waals surface area contributed by atoms with Gasteiger partial charge in [0.05, 0.1) is 12.6 Å². The molecule has 2 aliphatic rings. The Morgan fingerprint density at radius 1 is 1.50 bits per heavy atom. The van der Waals surface area contributed by atoms with Gasteiger partial charge in [-0.1, -0.05) is 0 Å². The average molecular weight is 256 g/mol. The van der Waals surface area contributed by atoms with Crippen molar-refractivity contribution in [2.24, 2.45) is 5.92 Å². The van der Waals surface area contributed by atoms with Crippen LogP contribution in [0, 0.1) is 5.92 Å². The fraction of sp³-hybridized carbons (Fsp3) is 0.833. The number of piperidine rings is 1. The van der Waals surface area contributed by atoms with Crippen molar-refractivity contribution in [1.82, 2.24) is 10.2 Å². The van der Waals surface area contributed by atoms with Gasteiger partial charge in [0.1, 0.15) is 11.6 Å². The first kappa shape index (κ1) is 13.1. The molecule has 0 unspecified atom stereocenters. The number of hydrogen-bond acceptors (Lipinski definition) is 4. The van der Waals surface area contributed by atoms with Crippen LogP contribution in [0.5, 0.6) is 0 Å². The fourth-order valence-electron chi connectivity index (χ4n) is 2.54. The van der Waals surface area contributed by atoms with E-state index in [9.17, 15) is 14.7 Å². The van der Waals surface area contributed by atoms with Crippen LogP contribution in [0.2, 0.25) is 0 Å². The van der Waals surface area contributed by atoms with Crippen molar-refractivity contribution in [2.75, 3.05) is 13.1 Å². The minimum absolute atomic E-state index is 0.0197. The van der Waals surface area contributed by atoms with Gasteiger partial charge < -0.3 is 15.2 Å². The first-order chi connectivity index (χ1) is 8.28. The third-order valence-electron chi connectivity index (χ3n) is 3.20. The van der Waals surface area contributed by atoms with E-state index in [1.807, 2.05) is 0 Å². The largest absolute Gasteiger partial charge is 0.444 e. The summed E-state index contributed by atoms with van der Waals surface area (Å²) >= 11 is 0. The summed E-state index contributed by atoms with van der Waals surface area (Å²) in [5.41, 5.74) is -0.607. The Morgan fingerprint density at radius 3 is 2.78 bits per heavy atom. The lowest BCUT2D eigenvalue weighted by Gasteiger charge is -2.38. The van der Waals surface area contributed by atoms with Crippen molar-refractivity contribution in [1.29, 1.82) is 0 Å². The topological polar surface area (TPSA) is 78.9 Å². The zero-order chi connectivity index (χ0) is 13.5. The Kier molecular flexibility index (Phi) is 3.23. The number of nitrogens with one attached hydrogen (secondary N) is 1. The van der Waals surface area contributed by atoms with Gasteiger partial charge in [0.15, 0.2) is 0 Å². The highest BCUT2D eigenvalue weighted by Crippen LogP contribution is 2.28. The third-order valence-corrected chi connectivity index (χ3v) is 3.20. The van der Waals surface area contributed by atoms with Crippen molar-refractivity contribution in [2.45, 2.75) is 44.9 Å². The predicted molar refractivity (Wildman–Crippen MR) is 63.9 cm³/mol. The van der Waals surface area contributed by atoms with E-state index in [1.165, 1.54) is 4.90 Å². The quantitative estimate of drug-likeness (QED) is 0.644. The second-order valence-electron chi connectivity index (χ2n) is 5.97. The zero-order valence-corrected chi connectivity index (χ0v) is 11.0. The highest BCUT2D eigenvalue weighted by molar-refractivity contribution is 5.88. The maximum Gasteiger partial charge on any atom is 0.411 e. The zero-order valence-electron chi connectivity index (χ0n) is 11.0. The Balaban J connectivity index is 2.14. The normalized spacial score (nSPS) is 31.9. The number of fused-ring (bicyclic) bond motifs is 1. The number of carbonyl (C=O) groups is 2. The number of hydrogen-bond donors (Lipinski definition) is 2. The van der Waals surface area contributed by atoms with E-state index in [1.54, 1.807) is 20.8 Å². The third kappa shape index (κ3) is 2.58. The van der Waals surface area contributed by atoms with Crippen LogP contribution < -0.4 is 5.32 Å². The number of amides is 2. The molecule has 0 bridgehead atoms. The van der Waals surface area contributed by atoms with Gasteiger partial charge in [-0.25, -0.2) is 4.79 Å². The molecule has 18 heavy (non-hydrogen) atoms. The van der Waals surface area contributed by atoms with Crippen molar-refractivity contribution >= 4 is 12.0 Å². The lowest BCUT2D eigenvalue weighted by molar-refractivity contribution is -0.126. The molecule has 2 N–H and O–H groups in total. The summed E-state index contributed by atoms with van der Waals surface area (Å²) in [4.78, 5) is 25.2. The Labute approximate surface area is 106 Å². The molecule has 0 saturated carbocycles. The molecule has 0 radical (unpaired) electrons. The lowest BCUT2D eigenvalue weighted by Crippen LogP contribution is -2.55. The van der Waals surface area contributed by atoms with Crippen molar-refractivity contribution in [3.63, 3.8) is 0 Å². The number of β-amino-alcohol motifs (C(OH)–C–C–N with tert-alkyl or cyclic N) is 1. The summed E-state index contributed by atoms with van der Waals surface area (Å²) < 4.78 is 5.28. The van der Waals surface area contributed by atoms with E-state index in [0.29, 0.717) is 13.0 Å². The van der Waals surface area contributed by atoms with E-state index >= 15 is 0 Å². The predicted octanol–water partition coefficient (Wildman–Crippen LogP) is 0.103. The van der Waals surface area contributed by atoms with Gasteiger partial charge in [-0.15, -0.1) is 0 Å². The van der Waals surface area contributed by atoms with Gasteiger partial charge >= 0.3 is 6.09 Å². The van der Waals surface area contributed by atoms with Gasteiger partial charge in [0, 0.05) is 12.5 Å². The Morgan fingerprint density at radius 2 is 2.17 bits per heavy atom. The number of aliphatic hydroxyl groups is 1. The summed E-state index contributed by atoms with van der Waals surface area (Å²) in [6.45, 7) is 6.00. The number of carbonyl (C=O) groups excluding carboxylic acids is 2. The fourth-order valence-corrected chi connectivity index (χ4v) is 2.54. The molecule has 3 atom stereocenters.